The number of halogens is 1. The Morgan fingerprint density at radius 2 is 2.44 bits per heavy atom. The predicted octanol–water partition coefficient (Wildman–Crippen LogP) is 2.39. The molecule has 0 aliphatic rings. The molecule has 0 aliphatic carbocycles. The molecule has 0 aromatic heterocycles. The van der Waals surface area contributed by atoms with Crippen LogP contribution in [-0.2, 0) is 0 Å². The van der Waals surface area contributed by atoms with Gasteiger partial charge in [-0.25, -0.2) is 4.99 Å². The van der Waals surface area contributed by atoms with Crippen LogP contribution in [0.1, 0.15) is 13.3 Å². The van der Waals surface area contributed by atoms with Crippen LogP contribution in [0.3, 0.4) is 0 Å². The largest absolute Gasteiger partial charge is 0.287 e. The van der Waals surface area contributed by atoms with Gasteiger partial charge in [-0.3, -0.25) is 5.41 Å². The zero-order chi connectivity index (χ0) is 7.11. The summed E-state index contributed by atoms with van der Waals surface area (Å²) in [6.07, 6.45) is 4.12. The van der Waals surface area contributed by atoms with E-state index in [1.165, 1.54) is 0 Å². The van der Waals surface area contributed by atoms with E-state index in [-0.39, 0.29) is 0 Å². The number of allylic oxidation sites excluding steroid dienone is 1. The SMILES string of the molecule is CCC(=N)N=C/C=C\I. The van der Waals surface area contributed by atoms with Crippen molar-refractivity contribution < 1.29 is 0 Å². The molecule has 50 valence electrons. The zero-order valence-corrected chi connectivity index (χ0v) is 7.42. The molecule has 0 bridgehead atoms. The number of hydrogen-bond donors (Lipinski definition) is 1. The Kier molecular flexibility index (Phi) is 5.81. The lowest BCUT2D eigenvalue weighted by atomic mass is 10.4. The Hall–Kier alpha value is -0.190. The highest BCUT2D eigenvalue weighted by Crippen LogP contribution is 1.83. The van der Waals surface area contributed by atoms with Crippen molar-refractivity contribution in [3.05, 3.63) is 10.2 Å². The molecule has 0 rings (SSSR count). The van der Waals surface area contributed by atoms with Crippen LogP contribution in [-0.4, -0.2) is 12.1 Å². The lowest BCUT2D eigenvalue weighted by Gasteiger charge is -1.84. The quantitative estimate of drug-likeness (QED) is 0.434. The molecule has 0 aliphatic heterocycles. The van der Waals surface area contributed by atoms with E-state index in [1.807, 2.05) is 11.0 Å². The van der Waals surface area contributed by atoms with Crippen molar-refractivity contribution in [3.8, 4) is 0 Å². The van der Waals surface area contributed by atoms with Gasteiger partial charge in [-0.15, -0.1) is 0 Å². The summed E-state index contributed by atoms with van der Waals surface area (Å²) >= 11 is 2.10. The third kappa shape index (κ3) is 5.68. The van der Waals surface area contributed by atoms with Crippen LogP contribution in [0, 0.1) is 5.41 Å². The van der Waals surface area contributed by atoms with Gasteiger partial charge in [-0.1, -0.05) is 29.5 Å². The molecule has 0 radical (unpaired) electrons. The summed E-state index contributed by atoms with van der Waals surface area (Å²) in [7, 11) is 0. The first kappa shape index (κ1) is 8.81. The fraction of sp³-hybridized carbons (Fsp3) is 0.333. The van der Waals surface area contributed by atoms with E-state index in [2.05, 4.69) is 27.6 Å². The lowest BCUT2D eigenvalue weighted by molar-refractivity contribution is 1.21. The van der Waals surface area contributed by atoms with Crippen molar-refractivity contribution in [3.63, 3.8) is 0 Å². The maximum absolute atomic E-state index is 7.08. The van der Waals surface area contributed by atoms with E-state index >= 15 is 0 Å². The number of amidine groups is 1. The van der Waals surface area contributed by atoms with Crippen molar-refractivity contribution in [2.24, 2.45) is 4.99 Å². The van der Waals surface area contributed by atoms with Crippen LogP contribution in [0.4, 0.5) is 0 Å². The predicted molar refractivity (Wildman–Crippen MR) is 49.7 cm³/mol. The van der Waals surface area contributed by atoms with Crippen molar-refractivity contribution in [1.29, 1.82) is 5.41 Å². The van der Waals surface area contributed by atoms with Gasteiger partial charge >= 0.3 is 0 Å². The Morgan fingerprint density at radius 3 is 2.89 bits per heavy atom. The fourth-order valence-electron chi connectivity index (χ4n) is 0.257. The van der Waals surface area contributed by atoms with Gasteiger partial charge in [0.25, 0.3) is 0 Å². The Balaban J connectivity index is 3.57. The zero-order valence-electron chi connectivity index (χ0n) is 5.26. The second-order valence-electron chi connectivity index (χ2n) is 1.40. The molecule has 1 N–H and O–H groups in total. The Labute approximate surface area is 68.7 Å². The molecule has 0 aromatic carbocycles. The highest BCUT2D eigenvalue weighted by Gasteiger charge is 1.80. The van der Waals surface area contributed by atoms with Gasteiger partial charge in [0.05, 0.1) is 0 Å². The fourth-order valence-corrected chi connectivity index (χ4v) is 0.443. The minimum absolute atomic E-state index is 0.421. The molecule has 0 atom stereocenters. The van der Waals surface area contributed by atoms with Crippen molar-refractivity contribution in [1.82, 2.24) is 0 Å². The lowest BCUT2D eigenvalue weighted by Crippen LogP contribution is -1.85. The maximum atomic E-state index is 7.08. The number of nitrogens with one attached hydrogen (secondary N) is 1. The number of rotatable bonds is 2. The van der Waals surface area contributed by atoms with E-state index in [0.717, 1.165) is 0 Å². The summed E-state index contributed by atoms with van der Waals surface area (Å²) in [5.74, 6) is 0.421. The van der Waals surface area contributed by atoms with Gasteiger partial charge in [0.15, 0.2) is 0 Å². The van der Waals surface area contributed by atoms with Crippen LogP contribution in [0.5, 0.6) is 0 Å². The van der Waals surface area contributed by atoms with Crippen molar-refractivity contribution in [2.75, 3.05) is 0 Å². The summed E-state index contributed by atoms with van der Waals surface area (Å²) < 4.78 is 1.85. The highest BCUT2D eigenvalue weighted by molar-refractivity contribution is 14.1. The standard InChI is InChI=1S/C6H9IN2/c1-2-6(8)9-5-3-4-7/h3-5,8H,2H2,1H3/b4-3-,8-6?,9-5?. The molecule has 0 spiro atoms. The topological polar surface area (TPSA) is 36.2 Å². The van der Waals surface area contributed by atoms with E-state index in [1.54, 1.807) is 12.3 Å². The van der Waals surface area contributed by atoms with E-state index < -0.39 is 0 Å². The second-order valence-corrected chi connectivity index (χ2v) is 2.12. The summed E-state index contributed by atoms with van der Waals surface area (Å²) in [5, 5.41) is 7.08. The molecular weight excluding hydrogens is 227 g/mol. The molecule has 0 fully saturated rings. The molecule has 2 nitrogen and oxygen atoms in total. The maximum Gasteiger partial charge on any atom is 0.120 e. The first-order valence-electron chi connectivity index (χ1n) is 2.68. The van der Waals surface area contributed by atoms with Gasteiger partial charge < -0.3 is 0 Å². The van der Waals surface area contributed by atoms with Crippen LogP contribution >= 0.6 is 22.6 Å². The smallest absolute Gasteiger partial charge is 0.120 e. The van der Waals surface area contributed by atoms with Crippen LogP contribution < -0.4 is 0 Å². The molecule has 0 unspecified atom stereocenters. The number of hydrogen-bond acceptors (Lipinski definition) is 1. The normalized spacial score (nSPS) is 11.3. The first-order valence-corrected chi connectivity index (χ1v) is 3.92. The van der Waals surface area contributed by atoms with Gasteiger partial charge in [0.2, 0.25) is 0 Å². The minimum Gasteiger partial charge on any atom is -0.287 e. The monoisotopic (exact) mass is 236 g/mol. The van der Waals surface area contributed by atoms with Crippen molar-refractivity contribution >= 4 is 34.6 Å². The van der Waals surface area contributed by atoms with Crippen LogP contribution in [0.25, 0.3) is 0 Å². The molecule has 3 heteroatoms. The summed E-state index contributed by atoms with van der Waals surface area (Å²) in [4.78, 5) is 3.80. The van der Waals surface area contributed by atoms with Crippen molar-refractivity contribution in [2.45, 2.75) is 13.3 Å². The third-order valence-electron chi connectivity index (χ3n) is 0.724. The molecule has 0 aromatic rings. The molecular formula is C6H9IN2. The average molecular weight is 236 g/mol. The van der Waals surface area contributed by atoms with Crippen LogP contribution in [0.15, 0.2) is 15.2 Å². The molecule has 0 saturated carbocycles. The molecule has 0 saturated heterocycles. The van der Waals surface area contributed by atoms with E-state index in [0.29, 0.717) is 12.3 Å². The van der Waals surface area contributed by atoms with E-state index in [9.17, 15) is 0 Å². The first-order chi connectivity index (χ1) is 4.31. The summed E-state index contributed by atoms with van der Waals surface area (Å²) in [6, 6.07) is 0. The van der Waals surface area contributed by atoms with E-state index in [4.69, 9.17) is 5.41 Å². The Bertz CT molecular complexity index is 138. The van der Waals surface area contributed by atoms with Gasteiger partial charge in [-0.2, -0.15) is 0 Å². The minimum atomic E-state index is 0.421. The summed E-state index contributed by atoms with van der Waals surface area (Å²) in [5.41, 5.74) is 0. The average Bonchev–Trinajstić information content (AvgIpc) is 1.89. The Morgan fingerprint density at radius 1 is 1.78 bits per heavy atom. The second kappa shape index (κ2) is 5.94. The van der Waals surface area contributed by atoms with Gasteiger partial charge in [0.1, 0.15) is 5.84 Å². The van der Waals surface area contributed by atoms with Crippen LogP contribution in [0.2, 0.25) is 0 Å². The number of aliphatic imine (C=N–C) groups is 1. The molecule has 9 heavy (non-hydrogen) atoms. The molecule has 0 heterocycles. The van der Waals surface area contributed by atoms with Gasteiger partial charge in [-0.05, 0) is 10.2 Å². The summed E-state index contributed by atoms with van der Waals surface area (Å²) in [6.45, 7) is 1.91. The molecule has 0 amide bonds. The van der Waals surface area contributed by atoms with Gasteiger partial charge in [0, 0.05) is 12.6 Å². The third-order valence-corrected chi connectivity index (χ3v) is 1.14. The highest BCUT2D eigenvalue weighted by atomic mass is 127. The number of nitrogens with zero attached hydrogens (tertiary/aromatic N) is 1.